The molecule has 0 aromatic carbocycles. The van der Waals surface area contributed by atoms with Crippen LogP contribution in [0.1, 0.15) is 39.5 Å². The van der Waals surface area contributed by atoms with Crippen LogP contribution < -0.4 is 5.32 Å². The largest absolute Gasteiger partial charge is 0.342 e. The molecule has 108 valence electrons. The van der Waals surface area contributed by atoms with Crippen LogP contribution in [0.3, 0.4) is 0 Å². The van der Waals surface area contributed by atoms with E-state index in [0.717, 1.165) is 19.6 Å². The van der Waals surface area contributed by atoms with Crippen LogP contribution >= 0.6 is 11.3 Å². The van der Waals surface area contributed by atoms with Gasteiger partial charge >= 0.3 is 0 Å². The molecule has 1 amide bonds. The molecule has 0 saturated carbocycles. The minimum Gasteiger partial charge on any atom is -0.342 e. The zero-order valence-corrected chi connectivity index (χ0v) is 13.5. The Bertz CT molecular complexity index is 383. The summed E-state index contributed by atoms with van der Waals surface area (Å²) in [4.78, 5) is 15.4. The Balaban J connectivity index is 2.54. The maximum Gasteiger partial charge on any atom is 0.239 e. The highest BCUT2D eigenvalue weighted by atomic mass is 32.1. The van der Waals surface area contributed by atoms with E-state index < -0.39 is 0 Å². The fourth-order valence-corrected chi connectivity index (χ4v) is 2.91. The van der Waals surface area contributed by atoms with Gasteiger partial charge in [-0.3, -0.25) is 4.79 Å². The molecule has 0 aliphatic heterocycles. The van der Waals surface area contributed by atoms with Crippen LogP contribution in [0.25, 0.3) is 0 Å². The van der Waals surface area contributed by atoms with Gasteiger partial charge in [0.1, 0.15) is 0 Å². The first-order chi connectivity index (χ1) is 8.92. The van der Waals surface area contributed by atoms with Gasteiger partial charge in [-0.2, -0.15) is 0 Å². The number of hydrogen-bond acceptors (Lipinski definition) is 3. The van der Waals surface area contributed by atoms with E-state index in [0.29, 0.717) is 0 Å². The molecule has 0 radical (unpaired) electrons. The fourth-order valence-electron chi connectivity index (χ4n) is 2.06. The Labute approximate surface area is 121 Å². The lowest BCUT2D eigenvalue weighted by Crippen LogP contribution is -2.47. The number of carbonyl (C=O) groups excluding carboxylic acids is 1. The van der Waals surface area contributed by atoms with Crippen LogP contribution in [0.5, 0.6) is 0 Å². The highest BCUT2D eigenvalue weighted by Gasteiger charge is 2.24. The third-order valence-corrected chi connectivity index (χ3v) is 4.72. The maximum absolute atomic E-state index is 12.2. The van der Waals surface area contributed by atoms with Gasteiger partial charge in [0.25, 0.3) is 0 Å². The summed E-state index contributed by atoms with van der Waals surface area (Å²) in [7, 11) is 0. The Kier molecular flexibility index (Phi) is 6.01. The second-order valence-electron chi connectivity index (χ2n) is 5.47. The Morgan fingerprint density at radius 1 is 1.42 bits per heavy atom. The molecule has 0 saturated heterocycles. The van der Waals surface area contributed by atoms with Gasteiger partial charge in [-0.15, -0.1) is 11.3 Å². The molecule has 1 N–H and O–H groups in total. The molecule has 19 heavy (non-hydrogen) atoms. The monoisotopic (exact) mass is 282 g/mol. The first kappa shape index (κ1) is 16.2. The van der Waals surface area contributed by atoms with Gasteiger partial charge in [-0.1, -0.05) is 19.9 Å². The van der Waals surface area contributed by atoms with Crippen molar-refractivity contribution in [3.63, 3.8) is 0 Å². The Morgan fingerprint density at radius 2 is 2.05 bits per heavy atom. The van der Waals surface area contributed by atoms with Crippen LogP contribution in [0.2, 0.25) is 0 Å². The summed E-state index contributed by atoms with van der Waals surface area (Å²) in [5.41, 5.74) is 0.0615. The number of nitrogens with one attached hydrogen (secondary N) is 1. The second-order valence-corrected chi connectivity index (χ2v) is 6.42. The molecular formula is C15H26N2OS. The molecule has 0 aliphatic carbocycles. The van der Waals surface area contributed by atoms with E-state index in [1.54, 1.807) is 11.3 Å². The highest BCUT2D eigenvalue weighted by molar-refractivity contribution is 7.10. The predicted molar refractivity (Wildman–Crippen MR) is 82.7 cm³/mol. The standard InChI is InChI=1S/C15H26N2OS/c1-6-17(7-2)14(18)12(3)16-11-15(4,5)13-9-8-10-19-13/h8-10,12,16H,6-7,11H2,1-5H3. The van der Waals surface area contributed by atoms with Crippen molar-refractivity contribution in [2.24, 2.45) is 0 Å². The molecule has 1 aromatic rings. The number of nitrogens with zero attached hydrogens (tertiary/aromatic N) is 1. The number of thiophene rings is 1. The summed E-state index contributed by atoms with van der Waals surface area (Å²) in [5.74, 6) is 0.187. The molecule has 1 heterocycles. The van der Waals surface area contributed by atoms with E-state index in [2.05, 4.69) is 36.7 Å². The van der Waals surface area contributed by atoms with Gasteiger partial charge in [0, 0.05) is 29.9 Å². The zero-order chi connectivity index (χ0) is 14.5. The van der Waals surface area contributed by atoms with Crippen molar-refractivity contribution in [1.29, 1.82) is 0 Å². The van der Waals surface area contributed by atoms with Crippen molar-refractivity contribution in [1.82, 2.24) is 10.2 Å². The maximum atomic E-state index is 12.2. The number of hydrogen-bond donors (Lipinski definition) is 1. The van der Waals surface area contributed by atoms with Gasteiger partial charge in [0.05, 0.1) is 6.04 Å². The van der Waals surface area contributed by atoms with E-state index in [4.69, 9.17) is 0 Å². The molecule has 1 atom stereocenters. The molecule has 1 unspecified atom stereocenters. The van der Waals surface area contributed by atoms with Gasteiger partial charge in [0.2, 0.25) is 5.91 Å². The topological polar surface area (TPSA) is 32.3 Å². The lowest BCUT2D eigenvalue weighted by atomic mass is 9.91. The van der Waals surface area contributed by atoms with Gasteiger partial charge < -0.3 is 10.2 Å². The normalized spacial score (nSPS) is 13.3. The smallest absolute Gasteiger partial charge is 0.239 e. The quantitative estimate of drug-likeness (QED) is 0.834. The summed E-state index contributed by atoms with van der Waals surface area (Å²) in [6, 6.07) is 4.11. The Morgan fingerprint density at radius 3 is 2.53 bits per heavy atom. The van der Waals surface area contributed by atoms with Crippen molar-refractivity contribution in [2.75, 3.05) is 19.6 Å². The van der Waals surface area contributed by atoms with Crippen molar-refractivity contribution in [3.05, 3.63) is 22.4 Å². The van der Waals surface area contributed by atoms with E-state index in [-0.39, 0.29) is 17.4 Å². The van der Waals surface area contributed by atoms with E-state index in [1.165, 1.54) is 4.88 Å². The van der Waals surface area contributed by atoms with Crippen LogP contribution in [0.4, 0.5) is 0 Å². The van der Waals surface area contributed by atoms with Crippen LogP contribution in [-0.4, -0.2) is 36.5 Å². The molecule has 4 heteroatoms. The molecule has 1 rings (SSSR count). The summed E-state index contributed by atoms with van der Waals surface area (Å²) in [5, 5.41) is 5.47. The first-order valence-electron chi connectivity index (χ1n) is 6.98. The molecule has 0 spiro atoms. The number of amides is 1. The van der Waals surface area contributed by atoms with Crippen LogP contribution in [-0.2, 0) is 10.2 Å². The first-order valence-corrected chi connectivity index (χ1v) is 7.86. The average Bonchev–Trinajstić information content (AvgIpc) is 2.92. The Hall–Kier alpha value is -0.870. The van der Waals surface area contributed by atoms with Crippen molar-refractivity contribution < 1.29 is 4.79 Å². The molecule has 0 bridgehead atoms. The van der Waals surface area contributed by atoms with Crippen molar-refractivity contribution in [3.8, 4) is 0 Å². The van der Waals surface area contributed by atoms with Crippen LogP contribution in [0.15, 0.2) is 17.5 Å². The van der Waals surface area contributed by atoms with Gasteiger partial charge in [-0.25, -0.2) is 0 Å². The second kappa shape index (κ2) is 7.06. The third-order valence-electron chi connectivity index (χ3n) is 3.48. The lowest BCUT2D eigenvalue weighted by molar-refractivity contribution is -0.132. The van der Waals surface area contributed by atoms with E-state index in [9.17, 15) is 4.79 Å². The highest BCUT2D eigenvalue weighted by Crippen LogP contribution is 2.26. The molecule has 1 aromatic heterocycles. The van der Waals surface area contributed by atoms with Gasteiger partial charge in [0.15, 0.2) is 0 Å². The number of rotatable bonds is 7. The minimum atomic E-state index is -0.126. The van der Waals surface area contributed by atoms with E-state index in [1.807, 2.05) is 25.7 Å². The summed E-state index contributed by atoms with van der Waals surface area (Å²) in [6.45, 7) is 12.8. The molecular weight excluding hydrogens is 256 g/mol. The minimum absolute atomic E-state index is 0.0615. The van der Waals surface area contributed by atoms with Gasteiger partial charge in [-0.05, 0) is 32.2 Å². The fraction of sp³-hybridized carbons (Fsp3) is 0.667. The number of carbonyl (C=O) groups is 1. The SMILES string of the molecule is CCN(CC)C(=O)C(C)NCC(C)(C)c1cccs1. The summed E-state index contributed by atoms with van der Waals surface area (Å²) < 4.78 is 0. The van der Waals surface area contributed by atoms with Crippen molar-refractivity contribution in [2.45, 2.75) is 46.1 Å². The molecule has 0 aliphatic rings. The predicted octanol–water partition coefficient (Wildman–Crippen LogP) is 2.87. The zero-order valence-electron chi connectivity index (χ0n) is 12.7. The lowest BCUT2D eigenvalue weighted by Gasteiger charge is -2.28. The summed E-state index contributed by atoms with van der Waals surface area (Å²) in [6.07, 6.45) is 0. The number of likely N-dealkylation sites (N-methyl/N-ethyl adjacent to an activating group) is 1. The van der Waals surface area contributed by atoms with Crippen molar-refractivity contribution >= 4 is 17.2 Å². The third kappa shape index (κ3) is 4.32. The molecule has 3 nitrogen and oxygen atoms in total. The molecule has 0 fully saturated rings. The van der Waals surface area contributed by atoms with Crippen LogP contribution in [0, 0.1) is 0 Å². The summed E-state index contributed by atoms with van der Waals surface area (Å²) >= 11 is 1.77. The van der Waals surface area contributed by atoms with E-state index >= 15 is 0 Å². The average molecular weight is 282 g/mol.